The van der Waals surface area contributed by atoms with E-state index in [4.69, 9.17) is 5.73 Å². The van der Waals surface area contributed by atoms with Gasteiger partial charge in [-0.05, 0) is 7.05 Å². The number of rotatable bonds is 5. The number of nitrogens with one attached hydrogen (secondary N) is 1. The van der Waals surface area contributed by atoms with Crippen LogP contribution in [0.25, 0.3) is 0 Å². The van der Waals surface area contributed by atoms with Gasteiger partial charge >= 0.3 is 0 Å². The summed E-state index contributed by atoms with van der Waals surface area (Å²) in [5, 5.41) is 2.59. The Balaban J connectivity index is 0. The predicted octanol–water partition coefficient (Wildman–Crippen LogP) is -1.14. The molecule has 0 rings (SSSR count). The number of nitrogens with two attached hydrogens (primary N) is 1. The fourth-order valence-corrected chi connectivity index (χ4v) is 0.310. The van der Waals surface area contributed by atoms with E-state index in [1.165, 1.54) is 0 Å². The lowest BCUT2D eigenvalue weighted by molar-refractivity contribution is -0.117. The number of likely N-dealkylation sites (N-methyl/N-ethyl adjacent to an activating group) is 1. The average Bonchev–Trinajstić information content (AvgIpc) is 2.02. The molecule has 12 heavy (non-hydrogen) atoms. The summed E-state index contributed by atoms with van der Waals surface area (Å²) < 4.78 is 0. The fraction of sp³-hybridized carbons (Fsp3) is 0.571. The van der Waals surface area contributed by atoms with E-state index in [9.17, 15) is 14.4 Å². The van der Waals surface area contributed by atoms with Crippen LogP contribution >= 0.6 is 0 Å². The van der Waals surface area contributed by atoms with Gasteiger partial charge in [0.15, 0.2) is 0 Å². The molecule has 0 fully saturated rings. The minimum atomic E-state index is -0.322. The smallest absolute Gasteiger partial charge is 0.231 e. The minimum Gasteiger partial charge on any atom is -0.369 e. The molecule has 5 nitrogen and oxygen atoms in total. The standard InChI is InChI=1S/C4H6O2.C3H8N2O/c5-3-1-2-4-6;1-5-2-3(4)6/h3-4H,1-2H2;5H,2H2,1H3,(H2,4,6). The summed E-state index contributed by atoms with van der Waals surface area (Å²) in [4.78, 5) is 28.6. The van der Waals surface area contributed by atoms with Crippen LogP contribution in [0.5, 0.6) is 0 Å². The summed E-state index contributed by atoms with van der Waals surface area (Å²) in [7, 11) is 1.67. The third-order valence-electron chi connectivity index (χ3n) is 0.753. The van der Waals surface area contributed by atoms with Crippen molar-refractivity contribution in [2.24, 2.45) is 5.73 Å². The SMILES string of the molecule is CNCC(N)=O.O=CCCC=O. The van der Waals surface area contributed by atoms with Crippen molar-refractivity contribution in [1.29, 1.82) is 0 Å². The highest BCUT2D eigenvalue weighted by molar-refractivity contribution is 5.75. The molecule has 0 aliphatic rings. The Morgan fingerprint density at radius 3 is 1.83 bits per heavy atom. The Labute approximate surface area is 71.3 Å². The molecule has 5 heteroatoms. The molecule has 0 atom stereocenters. The Hall–Kier alpha value is -1.23. The van der Waals surface area contributed by atoms with Gasteiger partial charge in [0.05, 0.1) is 6.54 Å². The maximum absolute atomic E-state index is 9.76. The van der Waals surface area contributed by atoms with Crippen molar-refractivity contribution < 1.29 is 14.4 Å². The molecule has 0 aromatic carbocycles. The van der Waals surface area contributed by atoms with Gasteiger partial charge in [-0.25, -0.2) is 0 Å². The molecule has 0 unspecified atom stereocenters. The Bertz CT molecular complexity index is 129. The first-order valence-corrected chi connectivity index (χ1v) is 3.49. The molecule has 3 N–H and O–H groups in total. The van der Waals surface area contributed by atoms with E-state index >= 15 is 0 Å². The van der Waals surface area contributed by atoms with Crippen molar-refractivity contribution in [1.82, 2.24) is 5.32 Å². The lowest BCUT2D eigenvalue weighted by atomic mass is 10.4. The second-order valence-corrected chi connectivity index (χ2v) is 1.91. The van der Waals surface area contributed by atoms with E-state index in [0.717, 1.165) is 12.6 Å². The summed E-state index contributed by atoms with van der Waals surface area (Å²) in [5.74, 6) is -0.322. The monoisotopic (exact) mass is 174 g/mol. The highest BCUT2D eigenvalue weighted by Crippen LogP contribution is 1.72. The van der Waals surface area contributed by atoms with Gasteiger partial charge in [0.2, 0.25) is 5.91 Å². The Kier molecular flexibility index (Phi) is 13.9. The number of primary amides is 1. The van der Waals surface area contributed by atoms with Crippen LogP contribution in [0.3, 0.4) is 0 Å². The number of carbonyl (C=O) groups is 3. The van der Waals surface area contributed by atoms with Gasteiger partial charge in [0.25, 0.3) is 0 Å². The molecule has 0 aromatic heterocycles. The molecule has 1 amide bonds. The largest absolute Gasteiger partial charge is 0.369 e. The third kappa shape index (κ3) is 23.3. The molecule has 0 aliphatic heterocycles. The molecular formula is C7H14N2O3. The Morgan fingerprint density at radius 2 is 1.75 bits per heavy atom. The van der Waals surface area contributed by atoms with Gasteiger partial charge in [-0.3, -0.25) is 4.79 Å². The third-order valence-corrected chi connectivity index (χ3v) is 0.753. The van der Waals surface area contributed by atoms with E-state index in [2.05, 4.69) is 5.32 Å². The van der Waals surface area contributed by atoms with Crippen molar-refractivity contribution in [3.63, 3.8) is 0 Å². The molecule has 0 saturated carbocycles. The van der Waals surface area contributed by atoms with Crippen LogP contribution < -0.4 is 11.1 Å². The first-order valence-electron chi connectivity index (χ1n) is 3.49. The zero-order chi connectivity index (χ0) is 9.82. The highest BCUT2D eigenvalue weighted by Gasteiger charge is 1.82. The zero-order valence-electron chi connectivity index (χ0n) is 7.08. The fourth-order valence-electron chi connectivity index (χ4n) is 0.310. The topological polar surface area (TPSA) is 89.3 Å². The quantitative estimate of drug-likeness (QED) is 0.407. The predicted molar refractivity (Wildman–Crippen MR) is 44.5 cm³/mol. The number of unbranched alkanes of at least 4 members (excludes halogenated alkanes) is 1. The van der Waals surface area contributed by atoms with Gasteiger partial charge < -0.3 is 20.6 Å². The normalized spacial score (nSPS) is 7.75. The van der Waals surface area contributed by atoms with Gasteiger partial charge in [0, 0.05) is 12.8 Å². The first kappa shape index (κ1) is 13.4. The van der Waals surface area contributed by atoms with Crippen molar-refractivity contribution in [3.05, 3.63) is 0 Å². The molecular weight excluding hydrogens is 160 g/mol. The van der Waals surface area contributed by atoms with Gasteiger partial charge in [0.1, 0.15) is 12.6 Å². The van der Waals surface area contributed by atoms with Crippen molar-refractivity contribution in [2.75, 3.05) is 13.6 Å². The lowest BCUT2D eigenvalue weighted by Crippen LogP contribution is -2.25. The van der Waals surface area contributed by atoms with Crippen LogP contribution in [-0.4, -0.2) is 32.1 Å². The summed E-state index contributed by atoms with van der Waals surface area (Å²) in [6, 6.07) is 0. The second-order valence-electron chi connectivity index (χ2n) is 1.91. The molecule has 70 valence electrons. The molecule has 0 bridgehead atoms. The van der Waals surface area contributed by atoms with Crippen LogP contribution in [0.4, 0.5) is 0 Å². The summed E-state index contributed by atoms with van der Waals surface area (Å²) in [6.07, 6.45) is 2.19. The maximum Gasteiger partial charge on any atom is 0.231 e. The second kappa shape index (κ2) is 12.4. The molecule has 0 saturated heterocycles. The number of carbonyl (C=O) groups excluding carboxylic acids is 3. The van der Waals surface area contributed by atoms with E-state index in [1.54, 1.807) is 7.05 Å². The van der Waals surface area contributed by atoms with Gasteiger partial charge in [-0.15, -0.1) is 0 Å². The van der Waals surface area contributed by atoms with Crippen LogP contribution in [0.1, 0.15) is 12.8 Å². The zero-order valence-corrected chi connectivity index (χ0v) is 7.08. The Morgan fingerprint density at radius 1 is 1.33 bits per heavy atom. The van der Waals surface area contributed by atoms with E-state index in [-0.39, 0.29) is 12.5 Å². The van der Waals surface area contributed by atoms with Crippen molar-refractivity contribution >= 4 is 18.5 Å². The van der Waals surface area contributed by atoms with E-state index in [0.29, 0.717) is 12.8 Å². The van der Waals surface area contributed by atoms with Crippen LogP contribution in [0, 0.1) is 0 Å². The number of amides is 1. The molecule has 0 radical (unpaired) electrons. The lowest BCUT2D eigenvalue weighted by Gasteiger charge is -1.85. The van der Waals surface area contributed by atoms with Crippen LogP contribution in [0.15, 0.2) is 0 Å². The van der Waals surface area contributed by atoms with E-state index < -0.39 is 0 Å². The summed E-state index contributed by atoms with van der Waals surface area (Å²) in [5.41, 5.74) is 4.70. The number of hydrogen-bond donors (Lipinski definition) is 2. The molecule has 0 heterocycles. The number of hydrogen-bond acceptors (Lipinski definition) is 4. The maximum atomic E-state index is 9.76. The average molecular weight is 174 g/mol. The molecule has 0 aliphatic carbocycles. The van der Waals surface area contributed by atoms with E-state index in [1.807, 2.05) is 0 Å². The van der Waals surface area contributed by atoms with Gasteiger partial charge in [-0.2, -0.15) is 0 Å². The van der Waals surface area contributed by atoms with Crippen molar-refractivity contribution in [2.45, 2.75) is 12.8 Å². The van der Waals surface area contributed by atoms with Crippen LogP contribution in [-0.2, 0) is 14.4 Å². The van der Waals surface area contributed by atoms with Crippen molar-refractivity contribution in [3.8, 4) is 0 Å². The van der Waals surface area contributed by atoms with Crippen LogP contribution in [0.2, 0.25) is 0 Å². The molecule has 0 aromatic rings. The summed E-state index contributed by atoms with van der Waals surface area (Å²) >= 11 is 0. The van der Waals surface area contributed by atoms with Gasteiger partial charge in [-0.1, -0.05) is 0 Å². The minimum absolute atomic E-state index is 0.264. The molecule has 0 spiro atoms. The highest BCUT2D eigenvalue weighted by atomic mass is 16.1. The first-order chi connectivity index (χ1) is 5.68. The number of aldehydes is 2. The summed E-state index contributed by atoms with van der Waals surface area (Å²) in [6.45, 7) is 0.264.